The number of hydrogen-bond donors (Lipinski definition) is 2. The van der Waals surface area contributed by atoms with Gasteiger partial charge in [-0.05, 0) is 29.8 Å². The van der Waals surface area contributed by atoms with Crippen LogP contribution in [0, 0.1) is 0 Å². The SMILES string of the molecule is Nc1ncccc1C(=O)NCc1ccc2c(c1)OC(c1ccccc1)O2. The number of amides is 1. The van der Waals surface area contributed by atoms with E-state index >= 15 is 0 Å². The molecule has 0 saturated heterocycles. The van der Waals surface area contributed by atoms with Crippen LogP contribution in [0.1, 0.15) is 27.8 Å². The van der Waals surface area contributed by atoms with Crippen LogP contribution in [0.5, 0.6) is 11.5 Å². The molecule has 1 aliphatic heterocycles. The molecule has 2 heterocycles. The van der Waals surface area contributed by atoms with Crippen molar-refractivity contribution in [1.29, 1.82) is 0 Å². The number of carbonyl (C=O) groups excluding carboxylic acids is 1. The van der Waals surface area contributed by atoms with Gasteiger partial charge in [0.1, 0.15) is 5.82 Å². The maximum Gasteiger partial charge on any atom is 0.267 e. The molecule has 1 unspecified atom stereocenters. The van der Waals surface area contributed by atoms with Crippen LogP contribution < -0.4 is 20.5 Å². The van der Waals surface area contributed by atoms with Crippen LogP contribution >= 0.6 is 0 Å². The van der Waals surface area contributed by atoms with E-state index in [2.05, 4.69) is 10.3 Å². The Labute approximate surface area is 150 Å². The van der Waals surface area contributed by atoms with Crippen molar-refractivity contribution in [3.8, 4) is 11.5 Å². The van der Waals surface area contributed by atoms with Crippen molar-refractivity contribution in [2.24, 2.45) is 0 Å². The van der Waals surface area contributed by atoms with Crippen LogP contribution in [-0.4, -0.2) is 10.9 Å². The van der Waals surface area contributed by atoms with Crippen molar-refractivity contribution < 1.29 is 14.3 Å². The third-order valence-electron chi connectivity index (χ3n) is 4.08. The second kappa shape index (κ2) is 6.76. The molecule has 3 N–H and O–H groups in total. The lowest BCUT2D eigenvalue weighted by atomic mass is 10.2. The van der Waals surface area contributed by atoms with Crippen LogP contribution in [0.2, 0.25) is 0 Å². The largest absolute Gasteiger partial charge is 0.447 e. The van der Waals surface area contributed by atoms with Gasteiger partial charge < -0.3 is 20.5 Å². The third kappa shape index (κ3) is 3.17. The summed E-state index contributed by atoms with van der Waals surface area (Å²) in [5, 5.41) is 2.83. The molecular weight excluding hydrogens is 330 g/mol. The molecule has 130 valence electrons. The first kappa shape index (κ1) is 16.0. The second-order valence-corrected chi connectivity index (χ2v) is 5.88. The lowest BCUT2D eigenvalue weighted by Crippen LogP contribution is -2.24. The van der Waals surface area contributed by atoms with Crippen LogP contribution in [0.15, 0.2) is 66.9 Å². The molecule has 1 aliphatic rings. The summed E-state index contributed by atoms with van der Waals surface area (Å²) in [6, 6.07) is 18.7. The fourth-order valence-corrected chi connectivity index (χ4v) is 2.74. The van der Waals surface area contributed by atoms with Crippen LogP contribution in [-0.2, 0) is 6.54 Å². The van der Waals surface area contributed by atoms with E-state index in [0.717, 1.165) is 11.1 Å². The fraction of sp³-hybridized carbons (Fsp3) is 0.100. The van der Waals surface area contributed by atoms with Crippen LogP contribution in [0.3, 0.4) is 0 Å². The Bertz CT molecular complexity index is 944. The molecule has 0 spiro atoms. The molecule has 0 bridgehead atoms. The minimum Gasteiger partial charge on any atom is -0.447 e. The molecule has 0 radical (unpaired) electrons. The molecule has 1 amide bonds. The van der Waals surface area contributed by atoms with Crippen molar-refractivity contribution >= 4 is 11.7 Å². The number of rotatable bonds is 4. The molecule has 6 heteroatoms. The highest BCUT2D eigenvalue weighted by Gasteiger charge is 2.25. The molecule has 1 atom stereocenters. The second-order valence-electron chi connectivity index (χ2n) is 5.88. The number of nitrogens with one attached hydrogen (secondary N) is 1. The number of carbonyl (C=O) groups is 1. The maximum absolute atomic E-state index is 12.2. The van der Waals surface area contributed by atoms with E-state index in [4.69, 9.17) is 15.2 Å². The zero-order valence-corrected chi connectivity index (χ0v) is 13.9. The van der Waals surface area contributed by atoms with Crippen molar-refractivity contribution in [3.63, 3.8) is 0 Å². The van der Waals surface area contributed by atoms with Gasteiger partial charge in [0, 0.05) is 18.3 Å². The first-order chi connectivity index (χ1) is 12.7. The lowest BCUT2D eigenvalue weighted by Gasteiger charge is -2.09. The average molecular weight is 347 g/mol. The fourth-order valence-electron chi connectivity index (χ4n) is 2.74. The Kier molecular flexibility index (Phi) is 4.15. The molecule has 26 heavy (non-hydrogen) atoms. The van der Waals surface area contributed by atoms with Gasteiger partial charge >= 0.3 is 0 Å². The number of nitrogens with zero attached hydrogens (tertiary/aromatic N) is 1. The third-order valence-corrected chi connectivity index (χ3v) is 4.08. The number of hydrogen-bond acceptors (Lipinski definition) is 5. The summed E-state index contributed by atoms with van der Waals surface area (Å²) in [5.74, 6) is 1.29. The molecule has 2 aromatic carbocycles. The number of pyridine rings is 1. The molecule has 0 fully saturated rings. The molecule has 1 aromatic heterocycles. The van der Waals surface area contributed by atoms with E-state index in [1.165, 1.54) is 0 Å². The number of anilines is 1. The molecular formula is C20H17N3O3. The quantitative estimate of drug-likeness (QED) is 0.757. The van der Waals surface area contributed by atoms with Crippen LogP contribution in [0.25, 0.3) is 0 Å². The standard InChI is InChI=1S/C20H17N3O3/c21-18-15(7-4-10-22-18)19(24)23-12-13-8-9-16-17(11-13)26-20(25-16)14-5-2-1-3-6-14/h1-11,20H,12H2,(H2,21,22)(H,23,24). The van der Waals surface area contributed by atoms with E-state index in [1.807, 2.05) is 48.5 Å². The van der Waals surface area contributed by atoms with Crippen molar-refractivity contribution in [1.82, 2.24) is 10.3 Å². The molecule has 0 saturated carbocycles. The summed E-state index contributed by atoms with van der Waals surface area (Å²) in [5.41, 5.74) is 7.93. The Morgan fingerprint density at radius 2 is 1.85 bits per heavy atom. The van der Waals surface area contributed by atoms with Gasteiger partial charge in [-0.1, -0.05) is 36.4 Å². The number of nitrogen functional groups attached to an aromatic ring is 1. The van der Waals surface area contributed by atoms with E-state index in [0.29, 0.717) is 23.6 Å². The highest BCUT2D eigenvalue weighted by Crippen LogP contribution is 2.40. The number of benzene rings is 2. The number of nitrogens with two attached hydrogens (primary N) is 1. The average Bonchev–Trinajstić information content (AvgIpc) is 3.10. The van der Waals surface area contributed by atoms with E-state index in [1.54, 1.807) is 18.3 Å². The Morgan fingerprint density at radius 1 is 1.04 bits per heavy atom. The van der Waals surface area contributed by atoms with Crippen molar-refractivity contribution in [2.45, 2.75) is 12.8 Å². The zero-order valence-electron chi connectivity index (χ0n) is 13.9. The highest BCUT2D eigenvalue weighted by molar-refractivity contribution is 5.98. The van der Waals surface area contributed by atoms with Crippen molar-refractivity contribution in [2.75, 3.05) is 5.73 Å². The monoisotopic (exact) mass is 347 g/mol. The normalized spacial score (nSPS) is 14.8. The van der Waals surface area contributed by atoms with Gasteiger partial charge in [0.05, 0.1) is 5.56 Å². The van der Waals surface area contributed by atoms with E-state index in [9.17, 15) is 4.79 Å². The predicted molar refractivity (Wildman–Crippen MR) is 96.7 cm³/mol. The van der Waals surface area contributed by atoms with Gasteiger partial charge in [-0.15, -0.1) is 0 Å². The lowest BCUT2D eigenvalue weighted by molar-refractivity contribution is 0.0487. The van der Waals surface area contributed by atoms with Gasteiger partial charge in [0.15, 0.2) is 11.5 Å². The topological polar surface area (TPSA) is 86.5 Å². The highest BCUT2D eigenvalue weighted by atomic mass is 16.7. The first-order valence-corrected chi connectivity index (χ1v) is 8.20. The van der Waals surface area contributed by atoms with Gasteiger partial charge in [-0.3, -0.25) is 4.79 Å². The minimum absolute atomic E-state index is 0.210. The van der Waals surface area contributed by atoms with Gasteiger partial charge in [0.25, 0.3) is 12.2 Å². The van der Waals surface area contributed by atoms with Crippen LogP contribution in [0.4, 0.5) is 5.82 Å². The summed E-state index contributed by atoms with van der Waals surface area (Å²) in [6.45, 7) is 0.347. The van der Waals surface area contributed by atoms with Crippen molar-refractivity contribution in [3.05, 3.63) is 83.6 Å². The summed E-state index contributed by atoms with van der Waals surface area (Å²) >= 11 is 0. The van der Waals surface area contributed by atoms with E-state index in [-0.39, 0.29) is 11.7 Å². The van der Waals surface area contributed by atoms with Gasteiger partial charge in [-0.25, -0.2) is 4.98 Å². The summed E-state index contributed by atoms with van der Waals surface area (Å²) < 4.78 is 11.7. The summed E-state index contributed by atoms with van der Waals surface area (Å²) in [6.07, 6.45) is 1.10. The molecule has 6 nitrogen and oxygen atoms in total. The number of fused-ring (bicyclic) bond motifs is 1. The molecule has 0 aliphatic carbocycles. The first-order valence-electron chi connectivity index (χ1n) is 8.20. The minimum atomic E-state index is -0.453. The zero-order chi connectivity index (χ0) is 17.9. The van der Waals surface area contributed by atoms with Gasteiger partial charge in [0.2, 0.25) is 0 Å². The summed E-state index contributed by atoms with van der Waals surface area (Å²) in [7, 11) is 0. The molecule has 3 aromatic rings. The van der Waals surface area contributed by atoms with E-state index < -0.39 is 6.29 Å². The Hall–Kier alpha value is -3.54. The number of aromatic nitrogens is 1. The van der Waals surface area contributed by atoms with Gasteiger partial charge in [-0.2, -0.15) is 0 Å². The smallest absolute Gasteiger partial charge is 0.267 e. The predicted octanol–water partition coefficient (Wildman–Crippen LogP) is 3.06. The Balaban J connectivity index is 1.43. The maximum atomic E-state index is 12.2. The number of ether oxygens (including phenoxy) is 2. The molecule has 4 rings (SSSR count). The summed E-state index contributed by atoms with van der Waals surface area (Å²) in [4.78, 5) is 16.1. The Morgan fingerprint density at radius 3 is 2.65 bits per heavy atom.